The van der Waals surface area contributed by atoms with Crippen LogP contribution in [0.15, 0.2) is 53.7 Å². The Balaban J connectivity index is 1.85. The van der Waals surface area contributed by atoms with Gasteiger partial charge < -0.3 is 0 Å². The normalized spacial score (nSPS) is 10.9. The quantitative estimate of drug-likeness (QED) is 0.642. The molecule has 0 atom stereocenters. The predicted octanol–water partition coefficient (Wildman–Crippen LogP) is 4.83. The molecule has 0 amide bonds. The molecule has 112 valence electrons. The Bertz CT molecular complexity index is 798. The van der Waals surface area contributed by atoms with Crippen LogP contribution in [0, 0.1) is 13.8 Å². The Morgan fingerprint density at radius 3 is 2.68 bits per heavy atom. The molecule has 0 unspecified atom stereocenters. The van der Waals surface area contributed by atoms with Crippen molar-refractivity contribution < 1.29 is 0 Å². The van der Waals surface area contributed by atoms with Crippen LogP contribution in [-0.2, 0) is 5.75 Å². The van der Waals surface area contributed by atoms with Crippen LogP contribution in [0.5, 0.6) is 0 Å². The van der Waals surface area contributed by atoms with Gasteiger partial charge in [-0.1, -0.05) is 59.3 Å². The third-order valence-corrected chi connectivity index (χ3v) is 4.42. The fraction of sp³-hybridized carbons (Fsp3) is 0.176. The highest BCUT2D eigenvalue weighted by Gasteiger charge is 2.10. The molecule has 0 fully saturated rings. The van der Waals surface area contributed by atoms with Gasteiger partial charge >= 0.3 is 0 Å². The fourth-order valence-corrected chi connectivity index (χ4v) is 3.34. The van der Waals surface area contributed by atoms with E-state index in [4.69, 9.17) is 11.6 Å². The van der Waals surface area contributed by atoms with E-state index in [0.717, 1.165) is 22.4 Å². The van der Waals surface area contributed by atoms with E-state index < -0.39 is 0 Å². The molecule has 3 aromatic rings. The Morgan fingerprint density at radius 1 is 1.09 bits per heavy atom. The lowest BCUT2D eigenvalue weighted by molar-refractivity contribution is 0.782. The van der Waals surface area contributed by atoms with Gasteiger partial charge in [-0.05, 0) is 37.6 Å². The zero-order valence-electron chi connectivity index (χ0n) is 12.5. The number of rotatable bonds is 4. The average Bonchev–Trinajstić information content (AvgIpc) is 2.86. The van der Waals surface area contributed by atoms with E-state index in [1.807, 2.05) is 35.9 Å². The summed E-state index contributed by atoms with van der Waals surface area (Å²) in [5.41, 5.74) is 3.48. The molecule has 1 aromatic heterocycles. The lowest BCUT2D eigenvalue weighted by Crippen LogP contribution is -1.99. The molecule has 0 aliphatic carbocycles. The van der Waals surface area contributed by atoms with E-state index in [1.54, 1.807) is 11.8 Å². The summed E-state index contributed by atoms with van der Waals surface area (Å²) < 4.78 is 1.85. The lowest BCUT2D eigenvalue weighted by atomic mass is 10.2. The number of thioether (sulfide) groups is 1. The van der Waals surface area contributed by atoms with Gasteiger partial charge in [-0.25, -0.2) is 9.67 Å². The van der Waals surface area contributed by atoms with Crippen LogP contribution in [0.2, 0.25) is 5.02 Å². The largest absolute Gasteiger partial charge is 0.208 e. The fourth-order valence-electron chi connectivity index (χ4n) is 2.21. The first-order chi connectivity index (χ1) is 10.6. The van der Waals surface area contributed by atoms with E-state index in [1.165, 1.54) is 11.1 Å². The minimum Gasteiger partial charge on any atom is -0.208 e. The highest BCUT2D eigenvalue weighted by Crippen LogP contribution is 2.25. The minimum atomic E-state index is 0.695. The highest BCUT2D eigenvalue weighted by atomic mass is 35.5. The minimum absolute atomic E-state index is 0.695. The van der Waals surface area contributed by atoms with Gasteiger partial charge in [-0.3, -0.25) is 0 Å². The average molecular weight is 330 g/mol. The molecule has 0 spiro atoms. The molecule has 0 N–H and O–H groups in total. The lowest BCUT2D eigenvalue weighted by Gasteiger charge is -2.06. The van der Waals surface area contributed by atoms with E-state index in [0.29, 0.717) is 5.02 Å². The summed E-state index contributed by atoms with van der Waals surface area (Å²) >= 11 is 7.75. The second-order valence-electron chi connectivity index (χ2n) is 5.11. The highest BCUT2D eigenvalue weighted by molar-refractivity contribution is 7.98. The van der Waals surface area contributed by atoms with Gasteiger partial charge in [0, 0.05) is 10.8 Å². The van der Waals surface area contributed by atoms with Crippen molar-refractivity contribution in [3.8, 4) is 5.69 Å². The van der Waals surface area contributed by atoms with E-state index in [2.05, 4.69) is 41.3 Å². The molecule has 0 bridgehead atoms. The molecule has 0 saturated heterocycles. The van der Waals surface area contributed by atoms with Crippen molar-refractivity contribution in [3.05, 3.63) is 70.5 Å². The van der Waals surface area contributed by atoms with Crippen molar-refractivity contribution in [2.24, 2.45) is 0 Å². The third kappa shape index (κ3) is 3.51. The maximum Gasteiger partial charge on any atom is 0.191 e. The van der Waals surface area contributed by atoms with Gasteiger partial charge in [0.2, 0.25) is 0 Å². The third-order valence-electron chi connectivity index (χ3n) is 3.19. The van der Waals surface area contributed by atoms with Crippen molar-refractivity contribution >= 4 is 23.4 Å². The summed E-state index contributed by atoms with van der Waals surface area (Å²) in [5, 5.41) is 6.05. The molecule has 1 heterocycles. The molecular formula is C17H16ClN3S. The van der Waals surface area contributed by atoms with Crippen LogP contribution in [-0.4, -0.2) is 14.8 Å². The molecule has 22 heavy (non-hydrogen) atoms. The maximum absolute atomic E-state index is 6.08. The van der Waals surface area contributed by atoms with Crippen LogP contribution in [0.25, 0.3) is 5.69 Å². The Kier molecular flexibility index (Phi) is 4.50. The second-order valence-corrected chi connectivity index (χ2v) is 6.49. The topological polar surface area (TPSA) is 30.7 Å². The van der Waals surface area contributed by atoms with Gasteiger partial charge in [0.05, 0.1) is 5.69 Å². The number of aryl methyl sites for hydroxylation is 2. The van der Waals surface area contributed by atoms with Crippen LogP contribution in [0.3, 0.4) is 0 Å². The van der Waals surface area contributed by atoms with Crippen LogP contribution in [0.4, 0.5) is 0 Å². The van der Waals surface area contributed by atoms with Crippen LogP contribution >= 0.6 is 23.4 Å². The first kappa shape index (κ1) is 15.1. The molecule has 3 rings (SSSR count). The van der Waals surface area contributed by atoms with Gasteiger partial charge in [0.15, 0.2) is 5.16 Å². The number of nitrogens with zero attached hydrogens (tertiary/aromatic N) is 3. The number of benzene rings is 2. The van der Waals surface area contributed by atoms with Crippen molar-refractivity contribution in [2.45, 2.75) is 24.8 Å². The Morgan fingerprint density at radius 2 is 1.91 bits per heavy atom. The zero-order valence-corrected chi connectivity index (χ0v) is 14.0. The van der Waals surface area contributed by atoms with Gasteiger partial charge in [0.1, 0.15) is 5.82 Å². The molecule has 0 aliphatic rings. The zero-order chi connectivity index (χ0) is 15.5. The van der Waals surface area contributed by atoms with Crippen molar-refractivity contribution in [2.75, 3.05) is 0 Å². The van der Waals surface area contributed by atoms with Crippen molar-refractivity contribution in [3.63, 3.8) is 0 Å². The van der Waals surface area contributed by atoms with Crippen molar-refractivity contribution in [1.29, 1.82) is 0 Å². The number of hydrogen-bond acceptors (Lipinski definition) is 3. The summed E-state index contributed by atoms with van der Waals surface area (Å²) in [4.78, 5) is 4.53. The van der Waals surface area contributed by atoms with Crippen LogP contribution in [0.1, 0.15) is 17.0 Å². The first-order valence-corrected chi connectivity index (χ1v) is 8.36. The van der Waals surface area contributed by atoms with Crippen molar-refractivity contribution in [1.82, 2.24) is 14.8 Å². The Hall–Kier alpha value is -1.78. The van der Waals surface area contributed by atoms with E-state index in [9.17, 15) is 0 Å². The van der Waals surface area contributed by atoms with E-state index >= 15 is 0 Å². The Labute approximate surface area is 139 Å². The van der Waals surface area contributed by atoms with E-state index in [-0.39, 0.29) is 0 Å². The maximum atomic E-state index is 6.08. The smallest absolute Gasteiger partial charge is 0.191 e. The number of aromatic nitrogens is 3. The first-order valence-electron chi connectivity index (χ1n) is 7.00. The standard InChI is InChI=1S/C17H16ClN3S/c1-12-5-3-6-14(9-12)11-22-17-19-13(2)20-21(17)16-8-4-7-15(18)10-16/h3-10H,11H2,1-2H3. The molecule has 3 nitrogen and oxygen atoms in total. The summed E-state index contributed by atoms with van der Waals surface area (Å²) in [6.45, 7) is 4.00. The molecule has 0 saturated carbocycles. The SMILES string of the molecule is Cc1cccc(CSc2nc(C)nn2-c2cccc(Cl)c2)c1. The predicted molar refractivity (Wildman–Crippen MR) is 91.8 cm³/mol. The van der Waals surface area contributed by atoms with Gasteiger partial charge in [-0.15, -0.1) is 0 Å². The molecule has 2 aromatic carbocycles. The summed E-state index contributed by atoms with van der Waals surface area (Å²) in [7, 11) is 0. The molecule has 5 heteroatoms. The summed E-state index contributed by atoms with van der Waals surface area (Å²) in [5.74, 6) is 1.62. The summed E-state index contributed by atoms with van der Waals surface area (Å²) in [6.07, 6.45) is 0. The monoisotopic (exact) mass is 329 g/mol. The molecule has 0 radical (unpaired) electrons. The van der Waals surface area contributed by atoms with Crippen LogP contribution < -0.4 is 0 Å². The number of halogens is 1. The number of hydrogen-bond donors (Lipinski definition) is 0. The second kappa shape index (κ2) is 6.55. The molecular weight excluding hydrogens is 314 g/mol. The van der Waals surface area contributed by atoms with Gasteiger partial charge in [-0.2, -0.15) is 5.10 Å². The summed E-state index contributed by atoms with van der Waals surface area (Å²) in [6, 6.07) is 16.2. The van der Waals surface area contributed by atoms with Gasteiger partial charge in [0.25, 0.3) is 0 Å². The molecule has 0 aliphatic heterocycles.